The van der Waals surface area contributed by atoms with Gasteiger partial charge in [-0.05, 0) is 35.2 Å². The Bertz CT molecular complexity index is 1250. The molecule has 3 aromatic heterocycles. The number of hydrazone groups is 1. The molecule has 0 bridgehead atoms. The van der Waals surface area contributed by atoms with Crippen LogP contribution in [0.3, 0.4) is 0 Å². The summed E-state index contributed by atoms with van der Waals surface area (Å²) in [7, 11) is 0. The maximum absolute atomic E-state index is 13.5. The van der Waals surface area contributed by atoms with Gasteiger partial charge in [0.25, 0.3) is 5.91 Å². The fourth-order valence-corrected chi connectivity index (χ4v) is 3.35. The molecule has 152 valence electrons. The van der Waals surface area contributed by atoms with Gasteiger partial charge < -0.3 is 5.11 Å². The van der Waals surface area contributed by atoms with Crippen molar-refractivity contribution in [3.05, 3.63) is 70.9 Å². The van der Waals surface area contributed by atoms with Crippen molar-refractivity contribution in [2.45, 2.75) is 6.18 Å². The van der Waals surface area contributed by atoms with Crippen LogP contribution in [0.15, 0.2) is 59.0 Å². The molecule has 2 N–H and O–H groups in total. The molecule has 0 aliphatic rings. The lowest BCUT2D eigenvalue weighted by Gasteiger charge is -2.10. The Morgan fingerprint density at radius 3 is 2.73 bits per heavy atom. The van der Waals surface area contributed by atoms with Crippen molar-refractivity contribution < 1.29 is 23.1 Å². The highest BCUT2D eigenvalue weighted by Crippen LogP contribution is 2.33. The van der Waals surface area contributed by atoms with Crippen LogP contribution in [0.25, 0.3) is 16.2 Å². The number of hydrogen-bond acceptors (Lipinski definition) is 6. The van der Waals surface area contributed by atoms with E-state index in [9.17, 15) is 23.1 Å². The Labute approximate surface area is 171 Å². The van der Waals surface area contributed by atoms with Gasteiger partial charge in [-0.2, -0.15) is 23.4 Å². The summed E-state index contributed by atoms with van der Waals surface area (Å²) in [6, 6.07) is 11.6. The highest BCUT2D eigenvalue weighted by molar-refractivity contribution is 7.13. The molecule has 11 heteroatoms. The van der Waals surface area contributed by atoms with Crippen LogP contribution in [-0.4, -0.2) is 31.8 Å². The van der Waals surface area contributed by atoms with Gasteiger partial charge in [0, 0.05) is 6.07 Å². The van der Waals surface area contributed by atoms with Gasteiger partial charge in [-0.1, -0.05) is 18.2 Å². The third-order valence-corrected chi connectivity index (χ3v) is 4.87. The normalized spacial score (nSPS) is 12.0. The monoisotopic (exact) mass is 431 g/mol. The molecule has 0 atom stereocenters. The average Bonchev–Trinajstić information content (AvgIpc) is 3.36. The number of nitrogens with zero attached hydrogens (tertiary/aromatic N) is 4. The van der Waals surface area contributed by atoms with E-state index in [1.807, 2.05) is 0 Å². The van der Waals surface area contributed by atoms with Crippen molar-refractivity contribution in [1.29, 1.82) is 0 Å². The number of fused-ring (bicyclic) bond motifs is 1. The maximum Gasteiger partial charge on any atom is 0.433 e. The minimum Gasteiger partial charge on any atom is -0.508 e. The van der Waals surface area contributed by atoms with Gasteiger partial charge >= 0.3 is 6.18 Å². The molecule has 0 saturated heterocycles. The number of carbonyl (C=O) groups excluding carboxylic acids is 1. The van der Waals surface area contributed by atoms with Gasteiger partial charge in [0.05, 0.1) is 16.8 Å². The van der Waals surface area contributed by atoms with E-state index in [2.05, 4.69) is 20.6 Å². The topological polar surface area (TPSA) is 91.9 Å². The molecule has 0 aliphatic heterocycles. The minimum absolute atomic E-state index is 0.0259. The van der Waals surface area contributed by atoms with Gasteiger partial charge in [-0.15, -0.1) is 11.3 Å². The number of alkyl halides is 3. The molecule has 4 aromatic rings. The van der Waals surface area contributed by atoms with E-state index in [1.54, 1.807) is 29.6 Å². The lowest BCUT2D eigenvalue weighted by molar-refractivity contribution is -0.142. The van der Waals surface area contributed by atoms with Crippen LogP contribution in [0, 0.1) is 0 Å². The largest absolute Gasteiger partial charge is 0.508 e. The second kappa shape index (κ2) is 7.59. The molecule has 1 amide bonds. The Balaban J connectivity index is 1.66. The van der Waals surface area contributed by atoms with Crippen LogP contribution in [-0.2, 0) is 6.18 Å². The van der Waals surface area contributed by atoms with E-state index in [0.717, 1.165) is 12.1 Å². The van der Waals surface area contributed by atoms with Crippen molar-refractivity contribution in [2.75, 3.05) is 0 Å². The highest BCUT2D eigenvalue weighted by atomic mass is 32.1. The smallest absolute Gasteiger partial charge is 0.433 e. The molecule has 3 heterocycles. The second-order valence-corrected chi connectivity index (χ2v) is 7.04. The van der Waals surface area contributed by atoms with Crippen molar-refractivity contribution in [2.24, 2.45) is 5.10 Å². The predicted octanol–water partition coefficient (Wildman–Crippen LogP) is 3.95. The third kappa shape index (κ3) is 4.01. The number of aromatic nitrogens is 3. The van der Waals surface area contributed by atoms with E-state index in [1.165, 1.54) is 29.7 Å². The molecule has 1 aromatic carbocycles. The maximum atomic E-state index is 13.5. The van der Waals surface area contributed by atoms with Crippen molar-refractivity contribution in [1.82, 2.24) is 20.0 Å². The molecule has 0 saturated carbocycles. The first kappa shape index (κ1) is 19.6. The first-order valence-electron chi connectivity index (χ1n) is 8.45. The van der Waals surface area contributed by atoms with Crippen LogP contribution in [0.1, 0.15) is 21.7 Å². The number of amides is 1. The van der Waals surface area contributed by atoms with Crippen LogP contribution >= 0.6 is 11.3 Å². The number of benzene rings is 1. The summed E-state index contributed by atoms with van der Waals surface area (Å²) in [6.45, 7) is 0. The van der Waals surface area contributed by atoms with E-state index in [-0.39, 0.29) is 22.8 Å². The molecule has 30 heavy (non-hydrogen) atoms. The molecule has 0 spiro atoms. The molecule has 0 radical (unpaired) electrons. The molecular weight excluding hydrogens is 419 g/mol. The summed E-state index contributed by atoms with van der Waals surface area (Å²) < 4.78 is 41.2. The summed E-state index contributed by atoms with van der Waals surface area (Å²) in [6.07, 6.45) is -3.41. The van der Waals surface area contributed by atoms with Crippen molar-refractivity contribution in [3.8, 4) is 16.3 Å². The number of rotatable bonds is 4. The zero-order valence-corrected chi connectivity index (χ0v) is 15.8. The van der Waals surface area contributed by atoms with Gasteiger partial charge in [-0.25, -0.2) is 14.9 Å². The lowest BCUT2D eigenvalue weighted by Crippen LogP contribution is -2.19. The molecular formula is C19H12F3N5O2S. The molecule has 7 nitrogen and oxygen atoms in total. The van der Waals surface area contributed by atoms with Gasteiger partial charge in [0.2, 0.25) is 0 Å². The Hall–Kier alpha value is -3.73. The van der Waals surface area contributed by atoms with Gasteiger partial charge in [0.15, 0.2) is 17.0 Å². The lowest BCUT2D eigenvalue weighted by atomic mass is 10.2. The van der Waals surface area contributed by atoms with Crippen molar-refractivity contribution >= 4 is 29.1 Å². The number of nitrogens with one attached hydrogen (secondary N) is 1. The van der Waals surface area contributed by atoms with E-state index >= 15 is 0 Å². The number of aromatic hydroxyl groups is 1. The Kier molecular flexibility index (Phi) is 4.96. The molecule has 0 fully saturated rings. The van der Waals surface area contributed by atoms with Crippen molar-refractivity contribution in [3.63, 3.8) is 0 Å². The van der Waals surface area contributed by atoms with Crippen LogP contribution < -0.4 is 5.43 Å². The second-order valence-electron chi connectivity index (χ2n) is 6.10. The fourth-order valence-electron chi connectivity index (χ4n) is 2.67. The molecule has 0 unspecified atom stereocenters. The fraction of sp³-hybridized carbons (Fsp3) is 0.0526. The number of thiophene rings is 1. The van der Waals surface area contributed by atoms with Gasteiger partial charge in [-0.3, -0.25) is 4.79 Å². The Morgan fingerprint density at radius 1 is 1.20 bits per heavy atom. The number of phenolic OH excluding ortho intramolecular Hbond substituents is 1. The minimum atomic E-state index is -4.69. The predicted molar refractivity (Wildman–Crippen MR) is 104 cm³/mol. The zero-order chi connectivity index (χ0) is 21.3. The summed E-state index contributed by atoms with van der Waals surface area (Å²) in [5.74, 6) is -0.777. The highest BCUT2D eigenvalue weighted by Gasteiger charge is 2.35. The average molecular weight is 431 g/mol. The van der Waals surface area contributed by atoms with E-state index in [4.69, 9.17) is 0 Å². The first-order valence-corrected chi connectivity index (χ1v) is 9.33. The van der Waals surface area contributed by atoms with Crippen LogP contribution in [0.2, 0.25) is 0 Å². The van der Waals surface area contributed by atoms with E-state index in [0.29, 0.717) is 15.0 Å². The molecule has 0 aliphatic carbocycles. The van der Waals surface area contributed by atoms with Crippen LogP contribution in [0.5, 0.6) is 5.75 Å². The molecule has 4 rings (SSSR count). The summed E-state index contributed by atoms with van der Waals surface area (Å²) in [5.41, 5.74) is 1.42. The Morgan fingerprint density at radius 2 is 2.03 bits per heavy atom. The summed E-state index contributed by atoms with van der Waals surface area (Å²) >= 11 is 1.25. The first-order chi connectivity index (χ1) is 14.3. The summed E-state index contributed by atoms with van der Waals surface area (Å²) in [4.78, 5) is 17.0. The third-order valence-electron chi connectivity index (χ3n) is 3.97. The van der Waals surface area contributed by atoms with E-state index < -0.39 is 17.8 Å². The number of phenols is 1. The van der Waals surface area contributed by atoms with Crippen LogP contribution in [0.4, 0.5) is 13.2 Å². The number of hydrogen-bond donors (Lipinski definition) is 2. The number of halogens is 3. The standard InChI is InChI=1S/C19H12F3N5O2S/c20-19(21,22)16-8-13(15-5-2-6-30-15)24-17-9-14(26-27(16)17)18(29)25-23-10-11-3-1-4-12(28)7-11/h1-10,28H,(H,25,29). The summed E-state index contributed by atoms with van der Waals surface area (Å²) in [5, 5.41) is 18.6. The zero-order valence-electron chi connectivity index (χ0n) is 15.0. The quantitative estimate of drug-likeness (QED) is 0.378. The number of carbonyl (C=O) groups is 1. The SMILES string of the molecule is O=C(NN=Cc1cccc(O)c1)c1cc2nc(-c3cccs3)cc(C(F)(F)F)n2n1. The van der Waals surface area contributed by atoms with Gasteiger partial charge in [0.1, 0.15) is 5.75 Å².